The molecule has 1 N–H and O–H groups in total. The minimum absolute atomic E-state index is 0.120. The lowest BCUT2D eigenvalue weighted by molar-refractivity contribution is 0.0505. The second kappa shape index (κ2) is 6.05. The third kappa shape index (κ3) is 6.27. The topological polar surface area (TPSA) is 55.4 Å². The highest BCUT2D eigenvalue weighted by atomic mass is 35.7. The quantitative estimate of drug-likeness (QED) is 0.809. The molecule has 0 aliphatic heterocycles. The van der Waals surface area contributed by atoms with Crippen LogP contribution in [0.1, 0.15) is 40.0 Å². The molecule has 17 heavy (non-hydrogen) atoms. The maximum absolute atomic E-state index is 11.5. The minimum atomic E-state index is -1.27. The van der Waals surface area contributed by atoms with Crippen LogP contribution < -0.4 is 5.32 Å². The summed E-state index contributed by atoms with van der Waals surface area (Å²) in [6.45, 7) is 5.50. The maximum Gasteiger partial charge on any atom is 0.407 e. The Hall–Kier alpha value is -0.290. The van der Waals surface area contributed by atoms with Gasteiger partial charge in [-0.05, 0) is 56.6 Å². The van der Waals surface area contributed by atoms with Crippen molar-refractivity contribution in [2.75, 3.05) is 5.75 Å². The summed E-state index contributed by atoms with van der Waals surface area (Å²) in [4.78, 5) is 11.5. The molecule has 0 aromatic carbocycles. The summed E-state index contributed by atoms with van der Waals surface area (Å²) < 4.78 is 16.1. The van der Waals surface area contributed by atoms with Gasteiger partial charge in [-0.2, -0.15) is 0 Å². The summed E-state index contributed by atoms with van der Waals surface area (Å²) in [6.07, 6.45) is 2.31. The highest BCUT2D eigenvalue weighted by molar-refractivity contribution is 8.08. The van der Waals surface area contributed by atoms with Gasteiger partial charge in [-0.3, -0.25) is 0 Å². The van der Waals surface area contributed by atoms with E-state index in [2.05, 4.69) is 5.32 Å². The van der Waals surface area contributed by atoms with Gasteiger partial charge < -0.3 is 10.1 Å². The Labute approximate surface area is 109 Å². The largest absolute Gasteiger partial charge is 0.444 e. The number of carbonyl (C=O) groups excluding carboxylic acids is 1. The molecule has 0 heterocycles. The number of carbonyl (C=O) groups is 1. The predicted octanol–water partition coefficient (Wildman–Crippen LogP) is 2.58. The molecule has 1 aliphatic rings. The summed E-state index contributed by atoms with van der Waals surface area (Å²) in [5.74, 6) is 0.849. The molecule has 1 aliphatic carbocycles. The van der Waals surface area contributed by atoms with Crippen molar-refractivity contribution in [3.05, 3.63) is 0 Å². The number of amides is 1. The third-order valence-electron chi connectivity index (χ3n) is 2.63. The highest BCUT2D eigenvalue weighted by Crippen LogP contribution is 2.27. The molecule has 0 aromatic heterocycles. The molecule has 0 bridgehead atoms. The van der Waals surface area contributed by atoms with Crippen LogP contribution in [0.3, 0.4) is 0 Å². The molecule has 6 heteroatoms. The maximum atomic E-state index is 11.5. The fourth-order valence-corrected chi connectivity index (χ4v) is 3.22. The summed E-state index contributed by atoms with van der Waals surface area (Å²) in [5.41, 5.74) is -0.472. The first kappa shape index (κ1) is 14.8. The van der Waals surface area contributed by atoms with E-state index >= 15 is 0 Å². The molecule has 0 spiro atoms. The Kier molecular flexibility index (Phi) is 5.25. The molecule has 3 atom stereocenters. The number of alkyl carbamates (subject to hydrolysis) is 1. The number of nitrogens with one attached hydrogen (secondary N) is 1. The van der Waals surface area contributed by atoms with Gasteiger partial charge in [0.05, 0.1) is 0 Å². The second-order valence-electron chi connectivity index (χ2n) is 5.48. The van der Waals surface area contributed by atoms with Crippen LogP contribution in [0, 0.1) is 5.92 Å². The fourth-order valence-electron chi connectivity index (χ4n) is 2.02. The van der Waals surface area contributed by atoms with Crippen molar-refractivity contribution in [1.29, 1.82) is 0 Å². The molecular formula is C11H20ClNO3S. The lowest BCUT2D eigenvalue weighted by Gasteiger charge is -2.21. The number of ether oxygens (including phenoxy) is 1. The fraction of sp³-hybridized carbons (Fsp3) is 0.909. The number of rotatable bonds is 3. The predicted molar refractivity (Wildman–Crippen MR) is 69.4 cm³/mol. The Morgan fingerprint density at radius 3 is 2.65 bits per heavy atom. The van der Waals surface area contributed by atoms with Crippen LogP contribution in [0.4, 0.5) is 4.79 Å². The van der Waals surface area contributed by atoms with E-state index in [1.54, 1.807) is 0 Å². The van der Waals surface area contributed by atoms with E-state index in [4.69, 9.17) is 15.4 Å². The summed E-state index contributed by atoms with van der Waals surface area (Å²) in [6, 6.07) is 0.120. The van der Waals surface area contributed by atoms with Crippen LogP contribution >= 0.6 is 10.7 Å². The molecule has 1 rings (SSSR count). The normalized spacial score (nSPS) is 26.6. The molecule has 4 nitrogen and oxygen atoms in total. The van der Waals surface area contributed by atoms with E-state index in [0.29, 0.717) is 11.7 Å². The van der Waals surface area contributed by atoms with Crippen molar-refractivity contribution in [2.24, 2.45) is 5.92 Å². The van der Waals surface area contributed by atoms with Gasteiger partial charge in [0.1, 0.15) is 15.6 Å². The van der Waals surface area contributed by atoms with Gasteiger partial charge in [0.25, 0.3) is 0 Å². The van der Waals surface area contributed by atoms with Crippen molar-refractivity contribution in [3.63, 3.8) is 0 Å². The first-order chi connectivity index (χ1) is 7.76. The monoisotopic (exact) mass is 281 g/mol. The lowest BCUT2D eigenvalue weighted by atomic mass is 10.1. The zero-order chi connectivity index (χ0) is 13.1. The van der Waals surface area contributed by atoms with Crippen molar-refractivity contribution in [3.8, 4) is 0 Å². The lowest BCUT2D eigenvalue weighted by Crippen LogP contribution is -2.38. The van der Waals surface area contributed by atoms with Crippen LogP contribution in [-0.2, 0) is 14.7 Å². The van der Waals surface area contributed by atoms with Gasteiger partial charge in [-0.15, -0.1) is 0 Å². The summed E-state index contributed by atoms with van der Waals surface area (Å²) in [7, 11) is 4.19. The molecule has 0 aromatic rings. The Morgan fingerprint density at radius 1 is 1.47 bits per heavy atom. The van der Waals surface area contributed by atoms with E-state index in [-0.39, 0.29) is 12.1 Å². The van der Waals surface area contributed by atoms with Crippen molar-refractivity contribution >= 4 is 26.8 Å². The van der Waals surface area contributed by atoms with Crippen molar-refractivity contribution < 1.29 is 13.7 Å². The van der Waals surface area contributed by atoms with Crippen LogP contribution in [-0.4, -0.2) is 27.7 Å². The van der Waals surface area contributed by atoms with Crippen molar-refractivity contribution in [1.82, 2.24) is 5.32 Å². The number of hydrogen-bond acceptors (Lipinski definition) is 3. The first-order valence-corrected chi connectivity index (χ1v) is 7.95. The van der Waals surface area contributed by atoms with Gasteiger partial charge in [0.15, 0.2) is 0 Å². The Morgan fingerprint density at radius 2 is 2.12 bits per heavy atom. The summed E-state index contributed by atoms with van der Waals surface area (Å²) in [5, 5.41) is 2.84. The molecule has 1 fully saturated rings. The van der Waals surface area contributed by atoms with E-state index in [1.807, 2.05) is 20.8 Å². The van der Waals surface area contributed by atoms with Crippen LogP contribution in [0.15, 0.2) is 0 Å². The zero-order valence-electron chi connectivity index (χ0n) is 10.5. The molecule has 1 amide bonds. The third-order valence-corrected chi connectivity index (χ3v) is 3.74. The number of halogens is 1. The standard InChI is InChI=1S/C11H20ClNO3S/c1-11(2,3)16-10(14)13-9-5-4-8(6-9)7-17(12)15/h8-9H,4-7H2,1-3H3,(H,13,14)/t8-,9+,17?/m0/s1. The van der Waals surface area contributed by atoms with Gasteiger partial charge in [0, 0.05) is 11.8 Å². The molecule has 1 unspecified atom stereocenters. The van der Waals surface area contributed by atoms with Gasteiger partial charge in [0.2, 0.25) is 0 Å². The minimum Gasteiger partial charge on any atom is -0.444 e. The van der Waals surface area contributed by atoms with Crippen LogP contribution in [0.25, 0.3) is 0 Å². The smallest absolute Gasteiger partial charge is 0.407 e. The SMILES string of the molecule is CC(C)(C)OC(=O)N[C@@H]1CC[C@H](CS(=O)Cl)C1. The Balaban J connectivity index is 2.30. The van der Waals surface area contributed by atoms with Gasteiger partial charge in [-0.25, -0.2) is 9.00 Å². The number of hydrogen-bond donors (Lipinski definition) is 1. The van der Waals surface area contributed by atoms with E-state index < -0.39 is 15.6 Å². The molecular weight excluding hydrogens is 262 g/mol. The average molecular weight is 282 g/mol. The molecule has 1 saturated carbocycles. The second-order valence-corrected chi connectivity index (χ2v) is 7.42. The highest BCUT2D eigenvalue weighted by Gasteiger charge is 2.28. The molecule has 100 valence electrons. The Bertz CT molecular complexity index is 304. The molecule has 0 saturated heterocycles. The molecule has 0 radical (unpaired) electrons. The van der Waals surface area contributed by atoms with Crippen molar-refractivity contribution in [2.45, 2.75) is 51.7 Å². The summed E-state index contributed by atoms with van der Waals surface area (Å²) >= 11 is 0. The average Bonchev–Trinajstić information content (AvgIpc) is 2.46. The van der Waals surface area contributed by atoms with E-state index in [0.717, 1.165) is 19.3 Å². The van der Waals surface area contributed by atoms with E-state index in [9.17, 15) is 9.00 Å². The van der Waals surface area contributed by atoms with Crippen LogP contribution in [0.2, 0.25) is 0 Å². The first-order valence-electron chi connectivity index (χ1n) is 5.80. The van der Waals surface area contributed by atoms with Gasteiger partial charge >= 0.3 is 6.09 Å². The van der Waals surface area contributed by atoms with Crippen LogP contribution in [0.5, 0.6) is 0 Å². The van der Waals surface area contributed by atoms with E-state index in [1.165, 1.54) is 0 Å². The zero-order valence-corrected chi connectivity index (χ0v) is 12.1. The van der Waals surface area contributed by atoms with Gasteiger partial charge in [-0.1, -0.05) is 0 Å².